The van der Waals surface area contributed by atoms with Crippen molar-refractivity contribution in [2.75, 3.05) is 26.4 Å². The molecule has 0 saturated carbocycles. The number of hydrogen-bond acceptors (Lipinski definition) is 10. The summed E-state index contributed by atoms with van der Waals surface area (Å²) < 4.78 is 33.7. The van der Waals surface area contributed by atoms with Crippen LogP contribution < -0.4 is 18.9 Å². The van der Waals surface area contributed by atoms with Crippen LogP contribution in [0, 0.1) is 11.8 Å². The molecule has 0 fully saturated rings. The molecule has 6 aromatic rings. The maximum absolute atomic E-state index is 12.8. The van der Waals surface area contributed by atoms with E-state index in [2.05, 4.69) is 13.8 Å². The predicted molar refractivity (Wildman–Crippen MR) is 251 cm³/mol. The minimum absolute atomic E-state index is 0.320. The molecule has 0 aromatic heterocycles. The lowest BCUT2D eigenvalue weighted by atomic mass is 10.0. The Labute approximate surface area is 381 Å². The first-order valence-electron chi connectivity index (χ1n) is 22.2. The van der Waals surface area contributed by atoms with Gasteiger partial charge in [0.2, 0.25) is 0 Å². The van der Waals surface area contributed by atoms with Gasteiger partial charge in [-0.3, -0.25) is 0 Å². The van der Waals surface area contributed by atoms with E-state index in [0.717, 1.165) is 54.4 Å². The van der Waals surface area contributed by atoms with Crippen molar-refractivity contribution in [1.82, 2.24) is 0 Å². The van der Waals surface area contributed by atoms with Crippen molar-refractivity contribution in [3.63, 3.8) is 0 Å². The minimum atomic E-state index is -0.472. The van der Waals surface area contributed by atoms with E-state index < -0.39 is 11.9 Å². The molecule has 0 bridgehead atoms. The topological polar surface area (TPSA) is 124 Å². The first-order chi connectivity index (χ1) is 31.6. The molecule has 0 unspecified atom stereocenters. The van der Waals surface area contributed by atoms with Crippen LogP contribution in [0.15, 0.2) is 146 Å². The van der Waals surface area contributed by atoms with Crippen molar-refractivity contribution in [2.45, 2.75) is 59.8 Å². The van der Waals surface area contributed by atoms with Gasteiger partial charge in [0, 0.05) is 0 Å². The van der Waals surface area contributed by atoms with E-state index in [0.29, 0.717) is 83.5 Å². The summed E-state index contributed by atoms with van der Waals surface area (Å²) in [5, 5.41) is 0. The molecule has 0 spiro atoms. The number of ether oxygens (including phenoxy) is 6. The Bertz CT molecular complexity index is 2270. The lowest BCUT2D eigenvalue weighted by molar-refractivity contribution is 0.0438. The highest BCUT2D eigenvalue weighted by atomic mass is 16.5. The number of carbonyl (C=O) groups excluding carboxylic acids is 4. The Morgan fingerprint density at radius 3 is 0.969 bits per heavy atom. The molecule has 0 aliphatic rings. The number of carbonyl (C=O) groups is 4. The monoisotopic (exact) mass is 876 g/mol. The molecule has 10 nitrogen and oxygen atoms in total. The van der Waals surface area contributed by atoms with Gasteiger partial charge in [-0.2, -0.15) is 0 Å². The minimum Gasteiger partial charge on any atom is -0.494 e. The van der Waals surface area contributed by atoms with E-state index >= 15 is 0 Å². The predicted octanol–water partition coefficient (Wildman–Crippen LogP) is 12.5. The van der Waals surface area contributed by atoms with Gasteiger partial charge in [0.05, 0.1) is 48.7 Å². The average Bonchev–Trinajstić information content (AvgIpc) is 3.35. The van der Waals surface area contributed by atoms with Crippen LogP contribution in [0.2, 0.25) is 0 Å². The third-order valence-electron chi connectivity index (χ3n) is 10.9. The van der Waals surface area contributed by atoms with E-state index in [9.17, 15) is 19.2 Å². The van der Waals surface area contributed by atoms with Gasteiger partial charge in [-0.05, 0) is 150 Å². The molecule has 10 heteroatoms. The maximum Gasteiger partial charge on any atom is 0.343 e. The first-order valence-corrected chi connectivity index (χ1v) is 22.2. The highest BCUT2D eigenvalue weighted by Gasteiger charge is 2.14. The number of esters is 4. The molecule has 0 saturated heterocycles. The highest BCUT2D eigenvalue weighted by molar-refractivity contribution is 5.93. The van der Waals surface area contributed by atoms with E-state index in [1.54, 1.807) is 97.1 Å². The quantitative estimate of drug-likeness (QED) is 0.0370. The average molecular weight is 877 g/mol. The van der Waals surface area contributed by atoms with E-state index in [-0.39, 0.29) is 11.9 Å². The van der Waals surface area contributed by atoms with E-state index in [1.807, 2.05) is 62.4 Å². The van der Waals surface area contributed by atoms with Gasteiger partial charge in [-0.15, -0.1) is 0 Å². The summed E-state index contributed by atoms with van der Waals surface area (Å²) in [5.74, 6) is 1.19. The summed E-state index contributed by atoms with van der Waals surface area (Å²) in [7, 11) is 0. The maximum atomic E-state index is 12.8. The zero-order valence-corrected chi connectivity index (χ0v) is 37.5. The normalized spacial score (nSPS) is 11.8. The van der Waals surface area contributed by atoms with Gasteiger partial charge >= 0.3 is 23.9 Å². The highest BCUT2D eigenvalue weighted by Crippen LogP contribution is 2.26. The summed E-state index contributed by atoms with van der Waals surface area (Å²) in [4.78, 5) is 50.3. The van der Waals surface area contributed by atoms with Gasteiger partial charge in [0.25, 0.3) is 0 Å². The molecule has 336 valence electrons. The van der Waals surface area contributed by atoms with E-state index in [4.69, 9.17) is 28.4 Å². The van der Waals surface area contributed by atoms with Crippen molar-refractivity contribution in [2.24, 2.45) is 11.8 Å². The van der Waals surface area contributed by atoms with Crippen LogP contribution in [-0.4, -0.2) is 50.3 Å². The molecule has 0 aliphatic heterocycles. The Morgan fingerprint density at radius 2 is 0.646 bits per heavy atom. The van der Waals surface area contributed by atoms with Crippen LogP contribution in [0.3, 0.4) is 0 Å². The summed E-state index contributed by atoms with van der Waals surface area (Å²) in [6.45, 7) is 10.1. The number of benzene rings is 6. The van der Waals surface area contributed by atoms with Crippen LogP contribution in [0.5, 0.6) is 23.0 Å². The SMILES string of the molecule is CC[C@H](C)COC(=O)c1ccc(-c2ccc(OC(=O)c3ccc(OCCCCCOc4ccc(C(=O)Oc5ccc(-c6ccc(C(=O)OC[C@@H](C)CC)cc6)cc5)cc4)cc3)cc2)cc1. The Morgan fingerprint density at radius 1 is 0.369 bits per heavy atom. The second kappa shape index (κ2) is 24.0. The van der Waals surface area contributed by atoms with Crippen molar-refractivity contribution in [1.29, 1.82) is 0 Å². The van der Waals surface area contributed by atoms with Crippen LogP contribution in [0.4, 0.5) is 0 Å². The molecule has 0 N–H and O–H groups in total. The summed E-state index contributed by atoms with van der Waals surface area (Å²) in [5.41, 5.74) is 5.51. The molecule has 0 radical (unpaired) electrons. The van der Waals surface area contributed by atoms with Crippen LogP contribution in [0.25, 0.3) is 22.3 Å². The zero-order valence-electron chi connectivity index (χ0n) is 37.5. The van der Waals surface area contributed by atoms with Crippen molar-refractivity contribution in [3.05, 3.63) is 168 Å². The van der Waals surface area contributed by atoms with Crippen molar-refractivity contribution < 1.29 is 47.6 Å². The molecule has 65 heavy (non-hydrogen) atoms. The molecular formula is C55H56O10. The molecule has 6 rings (SSSR count). The standard InChI is InChI=1S/C55H56O10/c1-5-38(3)36-62-52(56)44-14-10-40(11-15-44)42-18-30-50(31-19-42)64-54(58)46-22-26-48(27-23-46)60-34-8-7-9-35-61-49-28-24-47(25-29-49)55(59)65-51-32-20-43(21-33-51)41-12-16-45(17-13-41)53(57)63-37-39(4)6-2/h10-33,38-39H,5-9,34-37H2,1-4H3/t38-,39-/m0/s1. The number of hydrogen-bond donors (Lipinski definition) is 0. The smallest absolute Gasteiger partial charge is 0.343 e. The molecule has 0 aliphatic carbocycles. The Balaban J connectivity index is 0.841. The Hall–Kier alpha value is -7.20. The summed E-state index contributed by atoms with van der Waals surface area (Å²) in [6.07, 6.45) is 4.44. The second-order valence-electron chi connectivity index (χ2n) is 16.0. The van der Waals surface area contributed by atoms with Gasteiger partial charge in [0.15, 0.2) is 0 Å². The van der Waals surface area contributed by atoms with Gasteiger partial charge < -0.3 is 28.4 Å². The fraction of sp³-hybridized carbons (Fsp3) is 0.273. The van der Waals surface area contributed by atoms with Crippen LogP contribution >= 0.6 is 0 Å². The second-order valence-corrected chi connectivity index (χ2v) is 16.0. The number of rotatable bonds is 22. The fourth-order valence-electron chi connectivity index (χ4n) is 6.33. The number of unbranched alkanes of at least 4 members (excludes halogenated alkanes) is 2. The molecule has 6 aromatic carbocycles. The Kier molecular flexibility index (Phi) is 17.5. The third kappa shape index (κ3) is 14.4. The fourth-order valence-corrected chi connectivity index (χ4v) is 6.33. The molecule has 2 atom stereocenters. The molecule has 0 amide bonds. The van der Waals surface area contributed by atoms with Gasteiger partial charge in [0.1, 0.15) is 23.0 Å². The van der Waals surface area contributed by atoms with Gasteiger partial charge in [-0.1, -0.05) is 89.1 Å². The molecular weight excluding hydrogens is 821 g/mol. The van der Waals surface area contributed by atoms with E-state index in [1.165, 1.54) is 0 Å². The lowest BCUT2D eigenvalue weighted by Gasteiger charge is -2.10. The molecule has 0 heterocycles. The largest absolute Gasteiger partial charge is 0.494 e. The van der Waals surface area contributed by atoms with Crippen LogP contribution in [-0.2, 0) is 9.47 Å². The first kappa shape index (κ1) is 47.3. The lowest BCUT2D eigenvalue weighted by Crippen LogP contribution is -2.11. The van der Waals surface area contributed by atoms with Gasteiger partial charge in [-0.25, -0.2) is 19.2 Å². The summed E-state index contributed by atoms with van der Waals surface area (Å²) >= 11 is 0. The third-order valence-corrected chi connectivity index (χ3v) is 10.9. The zero-order chi connectivity index (χ0) is 46.0. The van der Waals surface area contributed by atoms with Crippen molar-refractivity contribution in [3.8, 4) is 45.3 Å². The van der Waals surface area contributed by atoms with Crippen LogP contribution in [0.1, 0.15) is 101 Å². The van der Waals surface area contributed by atoms with Crippen molar-refractivity contribution >= 4 is 23.9 Å². The summed E-state index contributed by atoms with van der Waals surface area (Å²) in [6, 6.07) is 42.6.